The summed E-state index contributed by atoms with van der Waals surface area (Å²) in [5.41, 5.74) is -0.184. The second kappa shape index (κ2) is 5.70. The smallest absolute Gasteiger partial charge is 0.178 e. The van der Waals surface area contributed by atoms with Gasteiger partial charge in [0.15, 0.2) is 11.6 Å². The second-order valence-corrected chi connectivity index (χ2v) is 9.02. The Morgan fingerprint density at radius 3 is 2.69 bits per heavy atom. The molecule has 0 heterocycles. The number of ketones is 3. The van der Waals surface area contributed by atoms with Crippen molar-refractivity contribution in [1.29, 1.82) is 0 Å². The van der Waals surface area contributed by atoms with Crippen LogP contribution < -0.4 is 0 Å². The molecule has 2 N–H and O–H groups in total. The van der Waals surface area contributed by atoms with Crippen molar-refractivity contribution in [2.45, 2.75) is 45.6 Å². The Morgan fingerprint density at radius 2 is 2.00 bits per heavy atom. The molecule has 3 fully saturated rings. The summed E-state index contributed by atoms with van der Waals surface area (Å²) in [6.07, 6.45) is 6.42. The lowest BCUT2D eigenvalue weighted by molar-refractivity contribution is -0.154. The van der Waals surface area contributed by atoms with Crippen molar-refractivity contribution in [2.75, 3.05) is 6.61 Å². The molecule has 0 aliphatic heterocycles. The van der Waals surface area contributed by atoms with Crippen molar-refractivity contribution in [3.63, 3.8) is 0 Å². The van der Waals surface area contributed by atoms with Crippen molar-refractivity contribution < 1.29 is 24.6 Å². The number of aliphatic hydroxyl groups is 2. The number of allylic oxidation sites excluding steroid dienone is 3. The van der Waals surface area contributed by atoms with E-state index < -0.39 is 23.5 Å². The maximum atomic E-state index is 13.3. The van der Waals surface area contributed by atoms with Crippen LogP contribution in [-0.4, -0.2) is 40.3 Å². The molecule has 4 aliphatic rings. The first-order valence-corrected chi connectivity index (χ1v) is 9.51. The van der Waals surface area contributed by atoms with E-state index in [9.17, 15) is 24.6 Å². The van der Waals surface area contributed by atoms with Crippen LogP contribution in [0.25, 0.3) is 0 Å². The Hall–Kier alpha value is -1.59. The molecule has 0 radical (unpaired) electrons. The van der Waals surface area contributed by atoms with Gasteiger partial charge in [-0.05, 0) is 48.7 Å². The zero-order valence-electron chi connectivity index (χ0n) is 15.3. The summed E-state index contributed by atoms with van der Waals surface area (Å²) in [5.74, 6) is -1.03. The molecule has 0 aromatic carbocycles. The van der Waals surface area contributed by atoms with Crippen LogP contribution in [0.2, 0.25) is 0 Å². The molecule has 0 bridgehead atoms. The Kier molecular flexibility index (Phi) is 3.90. The van der Waals surface area contributed by atoms with Gasteiger partial charge in [-0.1, -0.05) is 25.5 Å². The highest BCUT2D eigenvalue weighted by Gasteiger charge is 2.64. The van der Waals surface area contributed by atoms with Crippen LogP contribution in [-0.2, 0) is 14.4 Å². The lowest BCUT2D eigenvalue weighted by Crippen LogP contribution is -2.58. The standard InChI is InChI=1S/C21H26O5/c1-20-6-5-12(23)7-11(20)8-15(24)18-14-4-3-13(17(26)10-22)21(14,2)9-16(25)19(18)20/h5-7,13-15,18-19,22,24H,3-4,8-10H2,1-2H3/t13-,14+,15?,18-,19+,20+,21-/m1/s1. The summed E-state index contributed by atoms with van der Waals surface area (Å²) in [5, 5.41) is 20.3. The van der Waals surface area contributed by atoms with E-state index in [2.05, 4.69) is 0 Å². The molecule has 5 nitrogen and oxygen atoms in total. The fourth-order valence-electron chi connectivity index (χ4n) is 6.63. The Bertz CT molecular complexity index is 750. The average molecular weight is 358 g/mol. The van der Waals surface area contributed by atoms with Crippen molar-refractivity contribution in [3.8, 4) is 0 Å². The first-order valence-electron chi connectivity index (χ1n) is 9.51. The molecule has 140 valence electrons. The molecular weight excluding hydrogens is 332 g/mol. The van der Waals surface area contributed by atoms with Gasteiger partial charge in [-0.25, -0.2) is 0 Å². The molecule has 0 spiro atoms. The molecule has 3 saturated carbocycles. The number of Topliss-reactive ketones (excluding diaryl/α,β-unsaturated/α-hetero) is 2. The quantitative estimate of drug-likeness (QED) is 0.783. The summed E-state index contributed by atoms with van der Waals surface area (Å²) < 4.78 is 0. The third kappa shape index (κ3) is 2.20. The van der Waals surface area contributed by atoms with E-state index in [1.54, 1.807) is 6.08 Å². The SMILES string of the molecule is C[C@]12CC(=O)[C@H]3[C@@H](C(O)CC4=CC(=O)C=C[C@@]43C)[C@@H]1CC[C@@H]2C(=O)CO. The highest BCUT2D eigenvalue weighted by atomic mass is 16.3. The van der Waals surface area contributed by atoms with Crippen molar-refractivity contribution in [1.82, 2.24) is 0 Å². The maximum Gasteiger partial charge on any atom is 0.178 e. The topological polar surface area (TPSA) is 91.7 Å². The Morgan fingerprint density at radius 1 is 1.27 bits per heavy atom. The van der Waals surface area contributed by atoms with Gasteiger partial charge in [0.2, 0.25) is 0 Å². The third-order valence-electron chi connectivity index (χ3n) is 7.83. The first-order chi connectivity index (χ1) is 12.2. The zero-order valence-corrected chi connectivity index (χ0v) is 15.3. The summed E-state index contributed by atoms with van der Waals surface area (Å²) in [7, 11) is 0. The van der Waals surface area contributed by atoms with E-state index in [-0.39, 0.29) is 41.0 Å². The summed E-state index contributed by atoms with van der Waals surface area (Å²) >= 11 is 0. The van der Waals surface area contributed by atoms with Gasteiger partial charge in [0, 0.05) is 23.7 Å². The van der Waals surface area contributed by atoms with Crippen LogP contribution in [0.3, 0.4) is 0 Å². The maximum absolute atomic E-state index is 13.3. The molecule has 0 aromatic heterocycles. The number of fused-ring (bicyclic) bond motifs is 5. The fraction of sp³-hybridized carbons (Fsp3) is 0.667. The van der Waals surface area contributed by atoms with Gasteiger partial charge in [-0.2, -0.15) is 0 Å². The van der Waals surface area contributed by atoms with E-state index in [1.807, 2.05) is 19.9 Å². The zero-order chi connectivity index (χ0) is 18.9. The summed E-state index contributed by atoms with van der Waals surface area (Å²) in [4.78, 5) is 37.4. The van der Waals surface area contributed by atoms with Gasteiger partial charge in [0.05, 0.1) is 6.10 Å². The monoisotopic (exact) mass is 358 g/mol. The molecular formula is C21H26O5. The van der Waals surface area contributed by atoms with E-state index in [0.29, 0.717) is 19.3 Å². The number of hydrogen-bond acceptors (Lipinski definition) is 5. The predicted octanol–water partition coefficient (Wildman–Crippen LogP) is 1.62. The van der Waals surface area contributed by atoms with Crippen molar-refractivity contribution >= 4 is 17.3 Å². The molecule has 0 saturated heterocycles. The molecule has 1 unspecified atom stereocenters. The Labute approximate surface area is 153 Å². The minimum absolute atomic E-state index is 0.0672. The van der Waals surface area contributed by atoms with Crippen LogP contribution >= 0.6 is 0 Å². The number of aliphatic hydroxyl groups excluding tert-OH is 2. The van der Waals surface area contributed by atoms with Crippen LogP contribution in [0.4, 0.5) is 0 Å². The highest BCUT2D eigenvalue weighted by molar-refractivity contribution is 6.02. The minimum Gasteiger partial charge on any atom is -0.392 e. The number of rotatable bonds is 2. The molecule has 5 heteroatoms. The van der Waals surface area contributed by atoms with Gasteiger partial charge in [-0.3, -0.25) is 14.4 Å². The van der Waals surface area contributed by atoms with Crippen LogP contribution in [0, 0.1) is 34.5 Å². The highest BCUT2D eigenvalue weighted by Crippen LogP contribution is 2.64. The normalized spacial score (nSPS) is 47.1. The largest absolute Gasteiger partial charge is 0.392 e. The average Bonchev–Trinajstić information content (AvgIpc) is 2.92. The predicted molar refractivity (Wildman–Crippen MR) is 94.0 cm³/mol. The van der Waals surface area contributed by atoms with E-state index >= 15 is 0 Å². The molecule has 0 amide bonds. The molecule has 0 aromatic rings. The number of carbonyl (C=O) groups excluding carboxylic acids is 3. The van der Waals surface area contributed by atoms with Crippen LogP contribution in [0.1, 0.15) is 39.5 Å². The lowest BCUT2D eigenvalue weighted by Gasteiger charge is -2.57. The minimum atomic E-state index is -0.685. The molecule has 7 atom stereocenters. The second-order valence-electron chi connectivity index (χ2n) is 9.02. The van der Waals surface area contributed by atoms with Crippen molar-refractivity contribution in [3.05, 3.63) is 23.8 Å². The first kappa shape index (κ1) is 17.8. The Balaban J connectivity index is 1.77. The van der Waals surface area contributed by atoms with Gasteiger partial charge in [0.1, 0.15) is 12.4 Å². The van der Waals surface area contributed by atoms with E-state index in [1.165, 1.54) is 6.08 Å². The number of hydrogen-bond donors (Lipinski definition) is 2. The molecule has 26 heavy (non-hydrogen) atoms. The fourth-order valence-corrected chi connectivity index (χ4v) is 6.63. The van der Waals surface area contributed by atoms with E-state index in [0.717, 1.165) is 12.0 Å². The molecule has 4 rings (SSSR count). The van der Waals surface area contributed by atoms with Gasteiger partial charge >= 0.3 is 0 Å². The van der Waals surface area contributed by atoms with Crippen LogP contribution in [0.5, 0.6) is 0 Å². The van der Waals surface area contributed by atoms with Gasteiger partial charge in [-0.15, -0.1) is 0 Å². The summed E-state index contributed by atoms with van der Waals surface area (Å²) in [6, 6.07) is 0. The molecule has 4 aliphatic carbocycles. The van der Waals surface area contributed by atoms with E-state index in [4.69, 9.17) is 0 Å². The van der Waals surface area contributed by atoms with Gasteiger partial charge in [0.25, 0.3) is 0 Å². The third-order valence-corrected chi connectivity index (χ3v) is 7.83. The lowest BCUT2D eigenvalue weighted by atomic mass is 9.46. The van der Waals surface area contributed by atoms with Gasteiger partial charge < -0.3 is 10.2 Å². The number of carbonyl (C=O) groups is 3. The van der Waals surface area contributed by atoms with Crippen molar-refractivity contribution in [2.24, 2.45) is 34.5 Å². The van der Waals surface area contributed by atoms with Crippen LogP contribution in [0.15, 0.2) is 23.8 Å². The summed E-state index contributed by atoms with van der Waals surface area (Å²) in [6.45, 7) is 3.49.